The van der Waals surface area contributed by atoms with Gasteiger partial charge < -0.3 is 10.1 Å². The second kappa shape index (κ2) is 8.01. The summed E-state index contributed by atoms with van der Waals surface area (Å²) in [6.07, 6.45) is 0.978. The van der Waals surface area contributed by atoms with E-state index in [9.17, 15) is 4.39 Å². The highest BCUT2D eigenvalue weighted by Crippen LogP contribution is 2.20. The molecule has 2 rings (SSSR count). The minimum Gasteiger partial charge on any atom is -0.492 e. The molecule has 2 aromatic rings. The van der Waals surface area contributed by atoms with Crippen LogP contribution in [0.25, 0.3) is 0 Å². The number of halogens is 2. The molecular formula is C17H19ClFNO. The predicted octanol–water partition coefficient (Wildman–Crippen LogP) is 4.60. The van der Waals surface area contributed by atoms with Gasteiger partial charge in [0.1, 0.15) is 18.2 Å². The maximum atomic E-state index is 13.9. The summed E-state index contributed by atoms with van der Waals surface area (Å²) in [6, 6.07) is 13.8. The Hall–Kier alpha value is -1.58. The summed E-state index contributed by atoms with van der Waals surface area (Å²) in [4.78, 5) is 0. The van der Waals surface area contributed by atoms with Gasteiger partial charge in [-0.05, 0) is 43.3 Å². The van der Waals surface area contributed by atoms with E-state index in [0.29, 0.717) is 17.2 Å². The summed E-state index contributed by atoms with van der Waals surface area (Å²) >= 11 is 5.84. The van der Waals surface area contributed by atoms with E-state index in [0.717, 1.165) is 18.7 Å². The van der Waals surface area contributed by atoms with Crippen molar-refractivity contribution >= 4 is 11.6 Å². The number of nitrogens with one attached hydrogen (secondary N) is 1. The van der Waals surface area contributed by atoms with Crippen molar-refractivity contribution in [3.8, 4) is 5.75 Å². The fourth-order valence-electron chi connectivity index (χ4n) is 2.05. The van der Waals surface area contributed by atoms with E-state index in [2.05, 4.69) is 12.2 Å². The molecule has 1 atom stereocenters. The molecule has 0 aliphatic rings. The molecule has 2 aromatic carbocycles. The predicted molar refractivity (Wildman–Crippen MR) is 84.4 cm³/mol. The van der Waals surface area contributed by atoms with Gasteiger partial charge in [-0.25, -0.2) is 4.39 Å². The average molecular weight is 308 g/mol. The molecule has 0 aliphatic heterocycles. The van der Waals surface area contributed by atoms with Crippen LogP contribution < -0.4 is 10.1 Å². The molecule has 0 saturated carbocycles. The molecule has 0 fully saturated rings. The molecule has 0 aromatic heterocycles. The second-order valence-corrected chi connectivity index (χ2v) is 5.23. The van der Waals surface area contributed by atoms with Gasteiger partial charge in [-0.15, -0.1) is 0 Å². The van der Waals surface area contributed by atoms with Gasteiger partial charge in [0.2, 0.25) is 0 Å². The Balaban J connectivity index is 2.06. The Kier molecular flexibility index (Phi) is 6.03. The zero-order valence-electron chi connectivity index (χ0n) is 12.0. The highest BCUT2D eigenvalue weighted by molar-refractivity contribution is 6.30. The molecule has 0 aliphatic carbocycles. The van der Waals surface area contributed by atoms with Crippen LogP contribution in [-0.2, 0) is 0 Å². The molecular weight excluding hydrogens is 289 g/mol. The quantitative estimate of drug-likeness (QED) is 0.807. The zero-order chi connectivity index (χ0) is 15.1. The summed E-state index contributed by atoms with van der Waals surface area (Å²) in [7, 11) is 0. The fraction of sp³-hybridized carbons (Fsp3) is 0.294. The van der Waals surface area contributed by atoms with Crippen molar-refractivity contribution in [1.29, 1.82) is 0 Å². The summed E-state index contributed by atoms with van der Waals surface area (Å²) in [6.45, 7) is 3.25. The van der Waals surface area contributed by atoms with E-state index in [-0.39, 0.29) is 11.9 Å². The van der Waals surface area contributed by atoms with Crippen molar-refractivity contribution in [3.63, 3.8) is 0 Å². The van der Waals surface area contributed by atoms with E-state index in [1.54, 1.807) is 36.4 Å². The molecule has 1 unspecified atom stereocenters. The van der Waals surface area contributed by atoms with E-state index >= 15 is 0 Å². The average Bonchev–Trinajstić information content (AvgIpc) is 2.50. The summed E-state index contributed by atoms with van der Waals surface area (Å²) in [5.74, 6) is 0.504. The first-order valence-electron chi connectivity index (χ1n) is 7.07. The SMILES string of the molecule is CCCNC(COc1ccc(Cl)cc1)c1ccccc1F. The van der Waals surface area contributed by atoms with Crippen molar-refractivity contribution in [3.05, 3.63) is 64.9 Å². The highest BCUT2D eigenvalue weighted by atomic mass is 35.5. The molecule has 21 heavy (non-hydrogen) atoms. The first kappa shape index (κ1) is 15.8. The van der Waals surface area contributed by atoms with Crippen molar-refractivity contribution in [1.82, 2.24) is 5.32 Å². The zero-order valence-corrected chi connectivity index (χ0v) is 12.7. The van der Waals surface area contributed by atoms with Crippen LogP contribution in [0, 0.1) is 5.82 Å². The maximum Gasteiger partial charge on any atom is 0.128 e. The lowest BCUT2D eigenvalue weighted by atomic mass is 10.1. The summed E-state index contributed by atoms with van der Waals surface area (Å²) in [5.41, 5.74) is 0.625. The lowest BCUT2D eigenvalue weighted by Gasteiger charge is -2.20. The standard InChI is InChI=1S/C17H19ClFNO/c1-2-11-20-17(15-5-3-4-6-16(15)19)12-21-14-9-7-13(18)8-10-14/h3-10,17,20H,2,11-12H2,1H3. The minimum atomic E-state index is -0.217. The van der Waals surface area contributed by atoms with Crippen LogP contribution in [0.4, 0.5) is 4.39 Å². The van der Waals surface area contributed by atoms with Gasteiger partial charge in [0.25, 0.3) is 0 Å². The number of hydrogen-bond donors (Lipinski definition) is 1. The summed E-state index contributed by atoms with van der Waals surface area (Å²) in [5, 5.41) is 3.98. The van der Waals surface area contributed by atoms with Gasteiger partial charge in [0.15, 0.2) is 0 Å². The van der Waals surface area contributed by atoms with Crippen LogP contribution in [0.2, 0.25) is 5.02 Å². The van der Waals surface area contributed by atoms with Gasteiger partial charge in [-0.2, -0.15) is 0 Å². The highest BCUT2D eigenvalue weighted by Gasteiger charge is 2.15. The molecule has 0 heterocycles. The van der Waals surface area contributed by atoms with Gasteiger partial charge in [0.05, 0.1) is 6.04 Å². The molecule has 4 heteroatoms. The van der Waals surface area contributed by atoms with Crippen molar-refractivity contribution in [2.75, 3.05) is 13.2 Å². The lowest BCUT2D eigenvalue weighted by molar-refractivity contribution is 0.263. The van der Waals surface area contributed by atoms with Crippen LogP contribution in [0.1, 0.15) is 24.9 Å². The first-order chi connectivity index (χ1) is 10.2. The Morgan fingerprint density at radius 3 is 2.52 bits per heavy atom. The normalized spacial score (nSPS) is 12.1. The maximum absolute atomic E-state index is 13.9. The molecule has 0 saturated heterocycles. The third kappa shape index (κ3) is 4.73. The van der Waals surface area contributed by atoms with Crippen molar-refractivity contribution < 1.29 is 9.13 Å². The third-order valence-corrected chi connectivity index (χ3v) is 3.40. The number of hydrogen-bond acceptors (Lipinski definition) is 2. The Labute approximate surface area is 129 Å². The van der Waals surface area contributed by atoms with Gasteiger partial charge >= 0.3 is 0 Å². The molecule has 1 N–H and O–H groups in total. The molecule has 0 radical (unpaired) electrons. The van der Waals surface area contributed by atoms with Crippen LogP contribution >= 0.6 is 11.6 Å². The van der Waals surface area contributed by atoms with Gasteiger partial charge in [-0.3, -0.25) is 0 Å². The topological polar surface area (TPSA) is 21.3 Å². The monoisotopic (exact) mass is 307 g/mol. The molecule has 0 amide bonds. The molecule has 0 spiro atoms. The van der Waals surface area contributed by atoms with E-state index in [4.69, 9.17) is 16.3 Å². The van der Waals surface area contributed by atoms with E-state index in [1.807, 2.05) is 6.07 Å². The van der Waals surface area contributed by atoms with Crippen LogP contribution in [0.5, 0.6) is 5.75 Å². The van der Waals surface area contributed by atoms with E-state index in [1.165, 1.54) is 6.07 Å². The van der Waals surface area contributed by atoms with Crippen molar-refractivity contribution in [2.24, 2.45) is 0 Å². The van der Waals surface area contributed by atoms with Crippen LogP contribution in [0.15, 0.2) is 48.5 Å². The van der Waals surface area contributed by atoms with Crippen molar-refractivity contribution in [2.45, 2.75) is 19.4 Å². The molecule has 0 bridgehead atoms. The first-order valence-corrected chi connectivity index (χ1v) is 7.44. The Bertz CT molecular complexity index is 559. The van der Waals surface area contributed by atoms with E-state index < -0.39 is 0 Å². The largest absolute Gasteiger partial charge is 0.492 e. The molecule has 2 nitrogen and oxygen atoms in total. The number of ether oxygens (including phenoxy) is 1. The summed E-state index contributed by atoms with van der Waals surface area (Å²) < 4.78 is 19.7. The third-order valence-electron chi connectivity index (χ3n) is 3.15. The number of benzene rings is 2. The fourth-order valence-corrected chi connectivity index (χ4v) is 2.17. The minimum absolute atomic E-state index is 0.179. The Morgan fingerprint density at radius 1 is 1.14 bits per heavy atom. The van der Waals surface area contributed by atoms with Gasteiger partial charge in [0, 0.05) is 10.6 Å². The smallest absolute Gasteiger partial charge is 0.128 e. The van der Waals surface area contributed by atoms with Gasteiger partial charge in [-0.1, -0.05) is 36.7 Å². The number of rotatable bonds is 7. The van der Waals surface area contributed by atoms with Crippen LogP contribution in [-0.4, -0.2) is 13.2 Å². The lowest BCUT2D eigenvalue weighted by Crippen LogP contribution is -2.28. The Morgan fingerprint density at radius 2 is 1.86 bits per heavy atom. The molecule has 112 valence electrons. The van der Waals surface area contributed by atoms with Crippen LogP contribution in [0.3, 0.4) is 0 Å². The second-order valence-electron chi connectivity index (χ2n) is 4.79.